The van der Waals surface area contributed by atoms with E-state index in [9.17, 15) is 0 Å². The zero-order valence-corrected chi connectivity index (χ0v) is 7.71. The van der Waals surface area contributed by atoms with E-state index in [1.165, 1.54) is 4.90 Å². The fourth-order valence-electron chi connectivity index (χ4n) is 0.803. The summed E-state index contributed by atoms with van der Waals surface area (Å²) < 4.78 is 0. The van der Waals surface area contributed by atoms with Gasteiger partial charge >= 0.3 is 0 Å². The molecule has 1 rings (SSSR count). The second kappa shape index (κ2) is 4.72. The highest BCUT2D eigenvalue weighted by molar-refractivity contribution is 8.02. The van der Waals surface area contributed by atoms with Gasteiger partial charge in [-0.1, -0.05) is 18.3 Å². The molecule has 0 heterocycles. The third-order valence-electron chi connectivity index (χ3n) is 1.27. The Labute approximate surface area is 76.4 Å². The summed E-state index contributed by atoms with van der Waals surface area (Å²) >= 11 is 1.59. The topological polar surface area (TPSA) is 24.7 Å². The molecule has 3 heteroatoms. The van der Waals surface area contributed by atoms with E-state index in [1.54, 1.807) is 24.2 Å². The van der Waals surface area contributed by atoms with Gasteiger partial charge in [0.15, 0.2) is 0 Å². The minimum atomic E-state index is 0.880. The molecule has 62 valence electrons. The Morgan fingerprint density at radius 1 is 1.33 bits per heavy atom. The van der Waals surface area contributed by atoms with Gasteiger partial charge in [-0.05, 0) is 29.7 Å². The molecule has 0 fully saturated rings. The highest BCUT2D eigenvalue weighted by Crippen LogP contribution is 2.21. The van der Waals surface area contributed by atoms with Crippen LogP contribution in [-0.4, -0.2) is 7.05 Å². The standard InChI is InChI=1S/C9H10N2S/c1-3-12-9-6-4-8(5-7-9)11-10-2/h3-7H,1H2,2H3. The molecule has 0 aliphatic rings. The van der Waals surface area contributed by atoms with Gasteiger partial charge in [0, 0.05) is 11.9 Å². The molecule has 0 aromatic heterocycles. The van der Waals surface area contributed by atoms with Crippen molar-refractivity contribution in [2.75, 3.05) is 7.05 Å². The molecule has 0 bridgehead atoms. The smallest absolute Gasteiger partial charge is 0.0853 e. The number of hydrogen-bond acceptors (Lipinski definition) is 3. The molecule has 0 unspecified atom stereocenters. The molecular formula is C9H10N2S. The number of nitrogens with zero attached hydrogens (tertiary/aromatic N) is 2. The third kappa shape index (κ3) is 2.51. The summed E-state index contributed by atoms with van der Waals surface area (Å²) in [5, 5.41) is 9.38. The summed E-state index contributed by atoms with van der Waals surface area (Å²) in [4.78, 5) is 1.17. The van der Waals surface area contributed by atoms with E-state index in [-0.39, 0.29) is 0 Å². The molecule has 0 saturated heterocycles. The van der Waals surface area contributed by atoms with Gasteiger partial charge in [-0.2, -0.15) is 10.2 Å². The zero-order valence-electron chi connectivity index (χ0n) is 6.90. The van der Waals surface area contributed by atoms with Crippen molar-refractivity contribution in [2.45, 2.75) is 4.90 Å². The lowest BCUT2D eigenvalue weighted by molar-refractivity contribution is 1.16. The monoisotopic (exact) mass is 178 g/mol. The summed E-state index contributed by atoms with van der Waals surface area (Å²) in [5.41, 5.74) is 0.880. The first kappa shape index (κ1) is 9.00. The lowest BCUT2D eigenvalue weighted by Crippen LogP contribution is -1.66. The van der Waals surface area contributed by atoms with Gasteiger partial charge in [0.2, 0.25) is 0 Å². The second-order valence-electron chi connectivity index (χ2n) is 2.08. The predicted molar refractivity (Wildman–Crippen MR) is 52.9 cm³/mol. The summed E-state index contributed by atoms with van der Waals surface area (Å²) in [5.74, 6) is 0. The average molecular weight is 178 g/mol. The lowest BCUT2D eigenvalue weighted by Gasteiger charge is -1.95. The van der Waals surface area contributed by atoms with Crippen LogP contribution in [0.3, 0.4) is 0 Å². The largest absolute Gasteiger partial charge is 0.192 e. The van der Waals surface area contributed by atoms with Gasteiger partial charge in [-0.3, -0.25) is 0 Å². The van der Waals surface area contributed by atoms with Crippen molar-refractivity contribution < 1.29 is 0 Å². The van der Waals surface area contributed by atoms with E-state index < -0.39 is 0 Å². The minimum Gasteiger partial charge on any atom is -0.192 e. The average Bonchev–Trinajstić information content (AvgIpc) is 2.09. The van der Waals surface area contributed by atoms with E-state index in [0.29, 0.717) is 0 Å². The maximum Gasteiger partial charge on any atom is 0.0853 e. The van der Waals surface area contributed by atoms with Gasteiger partial charge in [-0.25, -0.2) is 0 Å². The maximum absolute atomic E-state index is 3.90. The summed E-state index contributed by atoms with van der Waals surface area (Å²) in [7, 11) is 1.66. The fraction of sp³-hybridized carbons (Fsp3) is 0.111. The number of hydrogen-bond donors (Lipinski definition) is 0. The van der Waals surface area contributed by atoms with Crippen LogP contribution in [0.15, 0.2) is 51.4 Å². The van der Waals surface area contributed by atoms with Crippen LogP contribution in [0.4, 0.5) is 5.69 Å². The van der Waals surface area contributed by atoms with E-state index >= 15 is 0 Å². The van der Waals surface area contributed by atoms with Gasteiger partial charge in [0.25, 0.3) is 0 Å². The van der Waals surface area contributed by atoms with E-state index in [2.05, 4.69) is 16.8 Å². The van der Waals surface area contributed by atoms with Crippen LogP contribution in [0.5, 0.6) is 0 Å². The van der Waals surface area contributed by atoms with E-state index in [1.807, 2.05) is 24.3 Å². The first-order chi connectivity index (χ1) is 5.86. The first-order valence-corrected chi connectivity index (χ1v) is 4.42. The van der Waals surface area contributed by atoms with Crippen LogP contribution in [-0.2, 0) is 0 Å². The van der Waals surface area contributed by atoms with Crippen LogP contribution in [0.2, 0.25) is 0 Å². The van der Waals surface area contributed by atoms with Crippen LogP contribution >= 0.6 is 11.8 Å². The Hall–Kier alpha value is -1.09. The van der Waals surface area contributed by atoms with Crippen LogP contribution in [0, 0.1) is 0 Å². The number of rotatable bonds is 3. The Morgan fingerprint density at radius 3 is 2.50 bits per heavy atom. The molecule has 0 atom stereocenters. The number of azo groups is 1. The molecule has 0 aliphatic heterocycles. The SMILES string of the molecule is C=CSc1ccc(N=NC)cc1. The molecule has 1 aromatic rings. The van der Waals surface area contributed by atoms with Crippen molar-refractivity contribution in [1.29, 1.82) is 0 Å². The normalized spacial score (nSPS) is 10.4. The van der Waals surface area contributed by atoms with Crippen molar-refractivity contribution in [3.63, 3.8) is 0 Å². The molecule has 0 amide bonds. The van der Waals surface area contributed by atoms with Crippen molar-refractivity contribution in [3.05, 3.63) is 36.3 Å². The van der Waals surface area contributed by atoms with Gasteiger partial charge in [0.1, 0.15) is 0 Å². The van der Waals surface area contributed by atoms with Crippen LogP contribution in [0.1, 0.15) is 0 Å². The maximum atomic E-state index is 3.90. The van der Waals surface area contributed by atoms with Gasteiger partial charge in [0.05, 0.1) is 5.69 Å². The molecule has 2 nitrogen and oxygen atoms in total. The Bertz CT molecular complexity index is 277. The molecule has 1 aromatic carbocycles. The number of thioether (sulfide) groups is 1. The first-order valence-electron chi connectivity index (χ1n) is 3.54. The predicted octanol–water partition coefficient (Wildman–Crippen LogP) is 3.64. The summed E-state index contributed by atoms with van der Waals surface area (Å²) in [6.07, 6.45) is 0. The molecular weight excluding hydrogens is 168 g/mol. The van der Waals surface area contributed by atoms with Crippen molar-refractivity contribution in [2.24, 2.45) is 10.2 Å². The van der Waals surface area contributed by atoms with Crippen molar-refractivity contribution in [1.82, 2.24) is 0 Å². The Balaban J connectivity index is 2.77. The van der Waals surface area contributed by atoms with Crippen molar-refractivity contribution >= 4 is 17.4 Å². The summed E-state index contributed by atoms with van der Waals surface area (Å²) in [6, 6.07) is 7.85. The Kier molecular flexibility index (Phi) is 3.54. The molecule has 0 radical (unpaired) electrons. The highest BCUT2D eigenvalue weighted by Gasteiger charge is 1.90. The molecule has 0 aliphatic carbocycles. The lowest BCUT2D eigenvalue weighted by atomic mass is 10.3. The van der Waals surface area contributed by atoms with E-state index in [0.717, 1.165) is 5.69 Å². The zero-order chi connectivity index (χ0) is 8.81. The molecule has 0 saturated carbocycles. The van der Waals surface area contributed by atoms with Crippen LogP contribution < -0.4 is 0 Å². The summed E-state index contributed by atoms with van der Waals surface area (Å²) in [6.45, 7) is 3.64. The fourth-order valence-corrected chi connectivity index (χ4v) is 1.29. The number of benzene rings is 1. The van der Waals surface area contributed by atoms with Gasteiger partial charge in [-0.15, -0.1) is 0 Å². The molecule has 12 heavy (non-hydrogen) atoms. The van der Waals surface area contributed by atoms with Crippen molar-refractivity contribution in [3.8, 4) is 0 Å². The second-order valence-corrected chi connectivity index (χ2v) is 3.12. The Morgan fingerprint density at radius 2 is 2.00 bits per heavy atom. The third-order valence-corrected chi connectivity index (χ3v) is 1.98. The molecule has 0 N–H and O–H groups in total. The van der Waals surface area contributed by atoms with E-state index in [4.69, 9.17) is 0 Å². The quantitative estimate of drug-likeness (QED) is 0.512. The van der Waals surface area contributed by atoms with Gasteiger partial charge < -0.3 is 0 Å². The minimum absolute atomic E-state index is 0.880. The molecule has 0 spiro atoms. The highest BCUT2D eigenvalue weighted by atomic mass is 32.2. The van der Waals surface area contributed by atoms with Crippen LogP contribution in [0.25, 0.3) is 0 Å².